The Morgan fingerprint density at radius 1 is 1.14 bits per heavy atom. The minimum absolute atomic E-state index is 0.0550. The molecule has 1 aliphatic carbocycles. The monoisotopic (exact) mass is 328 g/mol. The molecular weight excluding hydrogens is 313 g/mol. The number of carbonyl (C=O) groups excluding carboxylic acids is 1. The summed E-state index contributed by atoms with van der Waals surface area (Å²) < 4.78 is 37.9. The lowest BCUT2D eigenvalue weighted by Crippen LogP contribution is -2.61. The van der Waals surface area contributed by atoms with Gasteiger partial charge in [0, 0.05) is 6.04 Å². The number of fused-ring (bicyclic) bond motifs is 1. The van der Waals surface area contributed by atoms with Crippen molar-refractivity contribution in [2.75, 3.05) is 4.90 Å². The van der Waals surface area contributed by atoms with Crippen LogP contribution in [0.2, 0.25) is 0 Å². The molecule has 1 aliphatic heterocycles. The van der Waals surface area contributed by atoms with Gasteiger partial charge in [0.25, 0.3) is 0 Å². The predicted octanol–water partition coefficient (Wildman–Crippen LogP) is 3.49. The Labute approximate surface area is 131 Å². The lowest BCUT2D eigenvalue weighted by molar-refractivity contribution is -0.137. The highest BCUT2D eigenvalue weighted by molar-refractivity contribution is 7.80. The van der Waals surface area contributed by atoms with E-state index in [0.29, 0.717) is 5.69 Å². The Hall–Kier alpha value is -1.63. The van der Waals surface area contributed by atoms with Crippen LogP contribution in [0.1, 0.15) is 31.2 Å². The van der Waals surface area contributed by atoms with Crippen LogP contribution in [0.25, 0.3) is 0 Å². The van der Waals surface area contributed by atoms with Crippen LogP contribution in [0.4, 0.5) is 18.9 Å². The third kappa shape index (κ3) is 2.69. The van der Waals surface area contributed by atoms with E-state index in [1.165, 1.54) is 17.0 Å². The molecule has 7 heteroatoms. The van der Waals surface area contributed by atoms with Gasteiger partial charge in [0.1, 0.15) is 0 Å². The average Bonchev–Trinajstić information content (AvgIpc) is 2.47. The molecular formula is C15H15F3N2OS. The molecule has 3 rings (SSSR count). The van der Waals surface area contributed by atoms with Crippen molar-refractivity contribution in [2.24, 2.45) is 5.92 Å². The van der Waals surface area contributed by atoms with Gasteiger partial charge in [-0.3, -0.25) is 9.69 Å². The fourth-order valence-electron chi connectivity index (χ4n) is 3.13. The highest BCUT2D eigenvalue weighted by Gasteiger charge is 2.41. The van der Waals surface area contributed by atoms with Gasteiger partial charge < -0.3 is 5.32 Å². The van der Waals surface area contributed by atoms with Gasteiger partial charge in [-0.05, 0) is 49.3 Å². The van der Waals surface area contributed by atoms with E-state index >= 15 is 0 Å². The Morgan fingerprint density at radius 2 is 1.77 bits per heavy atom. The summed E-state index contributed by atoms with van der Waals surface area (Å²) in [6.07, 6.45) is -0.655. The normalized spacial score (nSPS) is 25.7. The van der Waals surface area contributed by atoms with E-state index in [-0.39, 0.29) is 23.0 Å². The summed E-state index contributed by atoms with van der Waals surface area (Å²) in [6, 6.07) is 4.57. The topological polar surface area (TPSA) is 32.3 Å². The zero-order valence-electron chi connectivity index (χ0n) is 11.7. The zero-order valence-corrected chi connectivity index (χ0v) is 12.5. The molecule has 1 aromatic rings. The highest BCUT2D eigenvalue weighted by Crippen LogP contribution is 2.34. The quantitative estimate of drug-likeness (QED) is 0.801. The Balaban J connectivity index is 1.87. The van der Waals surface area contributed by atoms with Crippen LogP contribution in [0.5, 0.6) is 0 Å². The predicted molar refractivity (Wildman–Crippen MR) is 80.4 cm³/mol. The van der Waals surface area contributed by atoms with Crippen LogP contribution in [0.3, 0.4) is 0 Å². The number of thiocarbonyl (C=S) groups is 1. The van der Waals surface area contributed by atoms with Gasteiger partial charge in [-0.1, -0.05) is 12.8 Å². The number of carbonyl (C=O) groups is 1. The van der Waals surface area contributed by atoms with Crippen LogP contribution in [-0.4, -0.2) is 17.1 Å². The maximum atomic E-state index is 12.6. The molecule has 1 N–H and O–H groups in total. The third-order valence-electron chi connectivity index (χ3n) is 4.27. The van der Waals surface area contributed by atoms with Crippen LogP contribution in [0.15, 0.2) is 24.3 Å². The van der Waals surface area contributed by atoms with E-state index < -0.39 is 11.7 Å². The highest BCUT2D eigenvalue weighted by atomic mass is 32.1. The number of rotatable bonds is 1. The molecule has 2 unspecified atom stereocenters. The van der Waals surface area contributed by atoms with Crippen molar-refractivity contribution in [3.8, 4) is 0 Å². The first kappa shape index (κ1) is 15.3. The molecule has 1 aromatic carbocycles. The van der Waals surface area contributed by atoms with E-state index in [1.807, 2.05) is 0 Å². The molecule has 3 nitrogen and oxygen atoms in total. The summed E-state index contributed by atoms with van der Waals surface area (Å²) in [4.78, 5) is 14.0. The summed E-state index contributed by atoms with van der Waals surface area (Å²) in [5.41, 5.74) is -0.366. The Bertz CT molecular complexity index is 600. The van der Waals surface area contributed by atoms with Gasteiger partial charge in [0.15, 0.2) is 5.11 Å². The lowest BCUT2D eigenvalue weighted by Gasteiger charge is -2.41. The van der Waals surface area contributed by atoms with E-state index in [2.05, 4.69) is 5.32 Å². The number of hydrogen-bond donors (Lipinski definition) is 1. The zero-order chi connectivity index (χ0) is 15.9. The molecule has 2 fully saturated rings. The minimum Gasteiger partial charge on any atom is -0.358 e. The number of amides is 1. The third-order valence-corrected chi connectivity index (χ3v) is 4.57. The van der Waals surface area contributed by atoms with Crippen molar-refractivity contribution in [1.29, 1.82) is 0 Å². The van der Waals surface area contributed by atoms with Gasteiger partial charge in [0.2, 0.25) is 5.91 Å². The van der Waals surface area contributed by atoms with Crippen molar-refractivity contribution in [1.82, 2.24) is 5.32 Å². The molecule has 0 bridgehead atoms. The number of anilines is 1. The summed E-state index contributed by atoms with van der Waals surface area (Å²) in [5, 5.41) is 3.43. The maximum absolute atomic E-state index is 12.6. The van der Waals surface area contributed by atoms with Crippen molar-refractivity contribution < 1.29 is 18.0 Å². The fourth-order valence-corrected chi connectivity index (χ4v) is 3.48. The molecule has 1 saturated heterocycles. The first-order valence-electron chi connectivity index (χ1n) is 7.19. The average molecular weight is 328 g/mol. The molecule has 1 saturated carbocycles. The molecule has 1 amide bonds. The molecule has 2 atom stereocenters. The SMILES string of the molecule is O=C1C2CCCCC2NC(=S)N1c1ccc(C(F)(F)F)cc1. The minimum atomic E-state index is -4.39. The number of alkyl halides is 3. The second-order valence-corrected chi connectivity index (χ2v) is 6.05. The first-order chi connectivity index (χ1) is 10.4. The van der Waals surface area contributed by atoms with Crippen molar-refractivity contribution in [3.05, 3.63) is 29.8 Å². The van der Waals surface area contributed by atoms with Crippen LogP contribution in [-0.2, 0) is 11.0 Å². The second kappa shape index (κ2) is 5.53. The number of hydrogen-bond acceptors (Lipinski definition) is 2. The number of halogens is 3. The van der Waals surface area contributed by atoms with E-state index in [0.717, 1.165) is 37.8 Å². The molecule has 1 heterocycles. The van der Waals surface area contributed by atoms with Gasteiger partial charge in [-0.15, -0.1) is 0 Å². The van der Waals surface area contributed by atoms with Gasteiger partial charge in [-0.25, -0.2) is 0 Å². The number of nitrogens with one attached hydrogen (secondary N) is 1. The summed E-state index contributed by atoms with van der Waals surface area (Å²) in [6.45, 7) is 0. The molecule has 118 valence electrons. The van der Waals surface area contributed by atoms with Crippen molar-refractivity contribution in [3.63, 3.8) is 0 Å². The Morgan fingerprint density at radius 3 is 2.41 bits per heavy atom. The Kier molecular flexibility index (Phi) is 3.84. The van der Waals surface area contributed by atoms with Gasteiger partial charge >= 0.3 is 6.18 Å². The van der Waals surface area contributed by atoms with Gasteiger partial charge in [-0.2, -0.15) is 13.2 Å². The van der Waals surface area contributed by atoms with Crippen molar-refractivity contribution >= 4 is 28.9 Å². The van der Waals surface area contributed by atoms with E-state index in [9.17, 15) is 18.0 Å². The molecule has 0 aromatic heterocycles. The molecule has 22 heavy (non-hydrogen) atoms. The second-order valence-electron chi connectivity index (χ2n) is 5.67. The molecule has 0 spiro atoms. The first-order valence-corrected chi connectivity index (χ1v) is 7.60. The number of nitrogens with zero attached hydrogens (tertiary/aromatic N) is 1. The van der Waals surface area contributed by atoms with Crippen molar-refractivity contribution in [2.45, 2.75) is 37.9 Å². The standard InChI is InChI=1S/C15H15F3N2OS/c16-15(17,18)9-5-7-10(8-6-9)20-13(21)11-3-1-2-4-12(11)19-14(20)22/h5-8,11-12H,1-4H2,(H,19,22). The van der Waals surface area contributed by atoms with Crippen LogP contribution in [0, 0.1) is 5.92 Å². The number of benzene rings is 1. The summed E-state index contributed by atoms with van der Waals surface area (Å²) in [7, 11) is 0. The summed E-state index contributed by atoms with van der Waals surface area (Å²) in [5.74, 6) is -0.268. The fraction of sp³-hybridized carbons (Fsp3) is 0.467. The molecule has 0 radical (unpaired) electrons. The van der Waals surface area contributed by atoms with Crippen LogP contribution >= 0.6 is 12.2 Å². The van der Waals surface area contributed by atoms with Gasteiger partial charge in [0.05, 0.1) is 17.2 Å². The van der Waals surface area contributed by atoms with E-state index in [1.54, 1.807) is 0 Å². The maximum Gasteiger partial charge on any atom is 0.416 e. The lowest BCUT2D eigenvalue weighted by atomic mass is 9.82. The van der Waals surface area contributed by atoms with Crippen LogP contribution < -0.4 is 10.2 Å². The van der Waals surface area contributed by atoms with E-state index in [4.69, 9.17) is 12.2 Å². The molecule has 2 aliphatic rings. The summed E-state index contributed by atoms with van der Waals surface area (Å²) >= 11 is 5.23. The largest absolute Gasteiger partial charge is 0.416 e. The smallest absolute Gasteiger partial charge is 0.358 e.